The summed E-state index contributed by atoms with van der Waals surface area (Å²) in [5.41, 5.74) is 1.84. The number of aromatic nitrogens is 1. The van der Waals surface area contributed by atoms with Crippen molar-refractivity contribution >= 4 is 5.91 Å². The summed E-state index contributed by atoms with van der Waals surface area (Å²) in [5.74, 6) is 0.0706. The van der Waals surface area contributed by atoms with Gasteiger partial charge in [-0.1, -0.05) is 35.5 Å². The minimum Gasteiger partial charge on any atom is -0.372 e. The highest BCUT2D eigenvalue weighted by Gasteiger charge is 2.22. The van der Waals surface area contributed by atoms with Crippen molar-refractivity contribution in [3.05, 3.63) is 53.9 Å². The zero-order valence-corrected chi connectivity index (χ0v) is 11.8. The summed E-state index contributed by atoms with van der Waals surface area (Å²) in [6, 6.07) is 11.9. The second kappa shape index (κ2) is 6.54. The number of amides is 1. The molecule has 3 rings (SSSR count). The fourth-order valence-electron chi connectivity index (χ4n) is 2.55. The van der Waals surface area contributed by atoms with E-state index in [2.05, 4.69) is 17.3 Å². The van der Waals surface area contributed by atoms with Crippen LogP contribution in [0.5, 0.6) is 0 Å². The monoisotopic (exact) mass is 286 g/mol. The standard InChI is InChI=1S/C16H18N2O3/c19-16(12-14-7-10-21-17-14)18-8-6-15(20-11-9-18)13-4-2-1-3-5-13/h1-5,7,10,15H,6,8-9,11-12H2. The molecule has 21 heavy (non-hydrogen) atoms. The van der Waals surface area contributed by atoms with Gasteiger partial charge in [-0.25, -0.2) is 0 Å². The maximum Gasteiger partial charge on any atom is 0.228 e. The molecular formula is C16H18N2O3. The van der Waals surface area contributed by atoms with Gasteiger partial charge in [-0.2, -0.15) is 0 Å². The molecule has 1 atom stereocenters. The summed E-state index contributed by atoms with van der Waals surface area (Å²) >= 11 is 0. The Balaban J connectivity index is 1.59. The zero-order valence-electron chi connectivity index (χ0n) is 11.8. The van der Waals surface area contributed by atoms with Crippen LogP contribution in [-0.4, -0.2) is 35.7 Å². The molecule has 2 heterocycles. The van der Waals surface area contributed by atoms with Crippen LogP contribution >= 0.6 is 0 Å². The van der Waals surface area contributed by atoms with E-state index in [1.165, 1.54) is 11.8 Å². The summed E-state index contributed by atoms with van der Waals surface area (Å²) < 4.78 is 10.6. The molecule has 1 aromatic carbocycles. The van der Waals surface area contributed by atoms with Crippen LogP contribution in [0.1, 0.15) is 23.8 Å². The maximum atomic E-state index is 12.3. The minimum absolute atomic E-state index is 0.0658. The Hall–Kier alpha value is -2.14. The Kier molecular flexibility index (Phi) is 4.31. The first kappa shape index (κ1) is 13.8. The smallest absolute Gasteiger partial charge is 0.228 e. The second-order valence-corrected chi connectivity index (χ2v) is 5.11. The lowest BCUT2D eigenvalue weighted by molar-refractivity contribution is -0.130. The molecular weight excluding hydrogens is 268 g/mol. The van der Waals surface area contributed by atoms with Gasteiger partial charge in [0.05, 0.1) is 24.8 Å². The van der Waals surface area contributed by atoms with Gasteiger partial charge in [-0.05, 0) is 12.0 Å². The van der Waals surface area contributed by atoms with Crippen LogP contribution in [0.2, 0.25) is 0 Å². The van der Waals surface area contributed by atoms with Gasteiger partial charge in [0.2, 0.25) is 5.91 Å². The molecule has 0 radical (unpaired) electrons. The summed E-state index contributed by atoms with van der Waals surface area (Å²) in [6.07, 6.45) is 2.65. The maximum absolute atomic E-state index is 12.3. The molecule has 1 aromatic heterocycles. The van der Waals surface area contributed by atoms with E-state index in [4.69, 9.17) is 9.26 Å². The summed E-state index contributed by atoms with van der Waals surface area (Å²) in [5, 5.41) is 3.78. The molecule has 0 aliphatic carbocycles. The predicted molar refractivity (Wildman–Crippen MR) is 76.5 cm³/mol. The number of hydrogen-bond acceptors (Lipinski definition) is 4. The van der Waals surface area contributed by atoms with Crippen molar-refractivity contribution in [2.75, 3.05) is 19.7 Å². The average Bonchev–Trinajstić information content (AvgIpc) is 2.89. The van der Waals surface area contributed by atoms with Crippen molar-refractivity contribution in [2.24, 2.45) is 0 Å². The van der Waals surface area contributed by atoms with Gasteiger partial charge < -0.3 is 14.2 Å². The first-order valence-electron chi connectivity index (χ1n) is 7.16. The molecule has 0 bridgehead atoms. The second-order valence-electron chi connectivity index (χ2n) is 5.11. The SMILES string of the molecule is O=C(Cc1ccon1)N1CCOC(c2ccccc2)CC1. The zero-order chi connectivity index (χ0) is 14.5. The van der Waals surface area contributed by atoms with E-state index in [0.29, 0.717) is 25.4 Å². The third-order valence-corrected chi connectivity index (χ3v) is 3.69. The first-order chi connectivity index (χ1) is 10.3. The highest BCUT2D eigenvalue weighted by atomic mass is 16.5. The molecule has 0 saturated carbocycles. The van der Waals surface area contributed by atoms with Gasteiger partial charge in [0.15, 0.2) is 0 Å². The van der Waals surface area contributed by atoms with Crippen LogP contribution in [0.3, 0.4) is 0 Å². The topological polar surface area (TPSA) is 55.6 Å². The number of rotatable bonds is 3. The predicted octanol–water partition coefficient (Wildman–Crippen LogP) is 2.21. The van der Waals surface area contributed by atoms with Crippen LogP contribution in [-0.2, 0) is 16.0 Å². The van der Waals surface area contributed by atoms with E-state index in [1.54, 1.807) is 6.07 Å². The number of hydrogen-bond donors (Lipinski definition) is 0. The van der Waals surface area contributed by atoms with Crippen molar-refractivity contribution in [1.82, 2.24) is 10.1 Å². The number of carbonyl (C=O) groups excluding carboxylic acids is 1. The van der Waals surface area contributed by atoms with E-state index < -0.39 is 0 Å². The van der Waals surface area contributed by atoms with Crippen molar-refractivity contribution in [2.45, 2.75) is 18.9 Å². The Morgan fingerprint density at radius 2 is 2.10 bits per heavy atom. The molecule has 0 spiro atoms. The number of nitrogens with zero attached hydrogens (tertiary/aromatic N) is 2. The molecule has 110 valence electrons. The summed E-state index contributed by atoms with van der Waals surface area (Å²) in [7, 11) is 0. The first-order valence-corrected chi connectivity index (χ1v) is 7.16. The van der Waals surface area contributed by atoms with Crippen molar-refractivity contribution in [3.8, 4) is 0 Å². The molecule has 1 unspecified atom stereocenters. The molecule has 1 amide bonds. The molecule has 5 heteroatoms. The lowest BCUT2D eigenvalue weighted by Gasteiger charge is -2.19. The van der Waals surface area contributed by atoms with Crippen molar-refractivity contribution in [1.29, 1.82) is 0 Å². The van der Waals surface area contributed by atoms with Gasteiger partial charge in [0.1, 0.15) is 6.26 Å². The molecule has 1 aliphatic heterocycles. The average molecular weight is 286 g/mol. The normalized spacial score (nSPS) is 19.2. The summed E-state index contributed by atoms with van der Waals surface area (Å²) in [4.78, 5) is 14.1. The quantitative estimate of drug-likeness (QED) is 0.868. The third kappa shape index (κ3) is 3.49. The van der Waals surface area contributed by atoms with Gasteiger partial charge in [0, 0.05) is 19.2 Å². The van der Waals surface area contributed by atoms with Gasteiger partial charge >= 0.3 is 0 Å². The Morgan fingerprint density at radius 1 is 1.24 bits per heavy atom. The number of carbonyl (C=O) groups is 1. The van der Waals surface area contributed by atoms with Crippen LogP contribution in [0.25, 0.3) is 0 Å². The molecule has 1 aliphatic rings. The number of benzene rings is 1. The third-order valence-electron chi connectivity index (χ3n) is 3.69. The lowest BCUT2D eigenvalue weighted by atomic mass is 10.1. The molecule has 1 saturated heterocycles. The van der Waals surface area contributed by atoms with Gasteiger partial charge in [-0.15, -0.1) is 0 Å². The van der Waals surface area contributed by atoms with E-state index in [1.807, 2.05) is 23.1 Å². The van der Waals surface area contributed by atoms with Crippen molar-refractivity contribution < 1.29 is 14.1 Å². The van der Waals surface area contributed by atoms with Crippen LogP contribution in [0, 0.1) is 0 Å². The molecule has 5 nitrogen and oxygen atoms in total. The van der Waals surface area contributed by atoms with Crippen molar-refractivity contribution in [3.63, 3.8) is 0 Å². The van der Waals surface area contributed by atoms with Crippen LogP contribution in [0.4, 0.5) is 0 Å². The Morgan fingerprint density at radius 3 is 2.86 bits per heavy atom. The lowest BCUT2D eigenvalue weighted by Crippen LogP contribution is -2.34. The minimum atomic E-state index is 0.0658. The molecule has 0 N–H and O–H groups in total. The van der Waals surface area contributed by atoms with Gasteiger partial charge in [0.25, 0.3) is 0 Å². The van der Waals surface area contributed by atoms with E-state index in [-0.39, 0.29) is 18.4 Å². The largest absolute Gasteiger partial charge is 0.372 e. The highest BCUT2D eigenvalue weighted by Crippen LogP contribution is 2.23. The van der Waals surface area contributed by atoms with Crippen LogP contribution < -0.4 is 0 Å². The fourth-order valence-corrected chi connectivity index (χ4v) is 2.55. The van der Waals surface area contributed by atoms with E-state index in [9.17, 15) is 4.79 Å². The highest BCUT2D eigenvalue weighted by molar-refractivity contribution is 5.78. The molecule has 2 aromatic rings. The number of ether oxygens (including phenoxy) is 1. The van der Waals surface area contributed by atoms with E-state index >= 15 is 0 Å². The summed E-state index contributed by atoms with van der Waals surface area (Å²) in [6.45, 7) is 1.89. The molecule has 1 fully saturated rings. The van der Waals surface area contributed by atoms with Gasteiger partial charge in [-0.3, -0.25) is 4.79 Å². The van der Waals surface area contributed by atoms with E-state index in [0.717, 1.165) is 6.42 Å². The Labute approximate surface area is 123 Å². The Bertz CT molecular complexity index is 568. The fraction of sp³-hybridized carbons (Fsp3) is 0.375. The van der Waals surface area contributed by atoms with Crippen LogP contribution in [0.15, 0.2) is 47.2 Å².